The number of rotatable bonds is 5. The highest BCUT2D eigenvalue weighted by Crippen LogP contribution is 2.10. The van der Waals surface area contributed by atoms with Crippen molar-refractivity contribution in [3.8, 4) is 0 Å². The van der Waals surface area contributed by atoms with Crippen LogP contribution in [0.2, 0.25) is 0 Å². The van der Waals surface area contributed by atoms with Crippen molar-refractivity contribution < 1.29 is 8.42 Å². The molecular weight excluding hydrogens is 288 g/mol. The standard InChI is InChI=1S/C14H24N4O2S/c1-17-6-7-18(2)14(10-17)9-16-21(19,20)11-12-4-3-5-13(15)8-12/h3-5,8,14,16H,6-7,9-11,15H2,1-2H3. The van der Waals surface area contributed by atoms with E-state index in [1.807, 2.05) is 7.05 Å². The van der Waals surface area contributed by atoms with E-state index in [9.17, 15) is 8.42 Å². The first-order valence-electron chi connectivity index (χ1n) is 7.06. The van der Waals surface area contributed by atoms with Crippen molar-refractivity contribution in [2.75, 3.05) is 46.0 Å². The van der Waals surface area contributed by atoms with Crippen LogP contribution in [0.15, 0.2) is 24.3 Å². The van der Waals surface area contributed by atoms with E-state index in [0.29, 0.717) is 17.8 Å². The number of sulfonamides is 1. The number of nitrogens with zero attached hydrogens (tertiary/aromatic N) is 2. The molecule has 21 heavy (non-hydrogen) atoms. The summed E-state index contributed by atoms with van der Waals surface area (Å²) in [6.45, 7) is 3.28. The molecule has 0 bridgehead atoms. The maximum absolute atomic E-state index is 12.2. The number of hydrogen-bond donors (Lipinski definition) is 2. The first kappa shape index (κ1) is 16.2. The Labute approximate surface area is 127 Å². The summed E-state index contributed by atoms with van der Waals surface area (Å²) in [6, 6.07) is 7.19. The van der Waals surface area contributed by atoms with Crippen LogP contribution in [0, 0.1) is 0 Å². The van der Waals surface area contributed by atoms with E-state index < -0.39 is 10.0 Å². The number of nitrogen functional groups attached to an aromatic ring is 1. The van der Waals surface area contributed by atoms with Crippen LogP contribution in [0.1, 0.15) is 5.56 Å². The molecule has 1 heterocycles. The number of benzene rings is 1. The topological polar surface area (TPSA) is 78.7 Å². The average molecular weight is 312 g/mol. The minimum absolute atomic E-state index is 0.0374. The van der Waals surface area contributed by atoms with Crippen LogP contribution >= 0.6 is 0 Å². The molecule has 2 rings (SSSR count). The molecule has 1 atom stereocenters. The third-order valence-electron chi connectivity index (χ3n) is 3.83. The van der Waals surface area contributed by atoms with Gasteiger partial charge >= 0.3 is 0 Å². The molecule has 1 aliphatic heterocycles. The summed E-state index contributed by atoms with van der Waals surface area (Å²) in [5.74, 6) is -0.0374. The quantitative estimate of drug-likeness (QED) is 0.745. The largest absolute Gasteiger partial charge is 0.399 e. The zero-order valence-electron chi connectivity index (χ0n) is 12.6. The molecule has 7 heteroatoms. The molecule has 0 aliphatic carbocycles. The SMILES string of the molecule is CN1CCN(C)C(CNS(=O)(=O)Cc2cccc(N)c2)C1. The van der Waals surface area contributed by atoms with Gasteiger partial charge in [0.2, 0.25) is 10.0 Å². The van der Waals surface area contributed by atoms with Gasteiger partial charge in [-0.3, -0.25) is 4.90 Å². The highest BCUT2D eigenvalue weighted by atomic mass is 32.2. The van der Waals surface area contributed by atoms with E-state index in [-0.39, 0.29) is 11.8 Å². The fourth-order valence-corrected chi connectivity index (χ4v) is 3.67. The van der Waals surface area contributed by atoms with Gasteiger partial charge in [-0.25, -0.2) is 13.1 Å². The summed E-state index contributed by atoms with van der Waals surface area (Å²) in [5, 5.41) is 0. The summed E-state index contributed by atoms with van der Waals surface area (Å²) >= 11 is 0. The molecule has 0 amide bonds. The lowest BCUT2D eigenvalue weighted by molar-refractivity contribution is 0.117. The maximum atomic E-state index is 12.2. The van der Waals surface area contributed by atoms with Crippen molar-refractivity contribution in [2.24, 2.45) is 0 Å². The highest BCUT2D eigenvalue weighted by molar-refractivity contribution is 7.88. The molecule has 118 valence electrons. The summed E-state index contributed by atoms with van der Waals surface area (Å²) in [6.07, 6.45) is 0. The Morgan fingerprint density at radius 2 is 2.10 bits per heavy atom. The van der Waals surface area contributed by atoms with Crippen molar-refractivity contribution in [1.82, 2.24) is 14.5 Å². The predicted molar refractivity (Wildman–Crippen MR) is 85.4 cm³/mol. The van der Waals surface area contributed by atoms with E-state index >= 15 is 0 Å². The zero-order chi connectivity index (χ0) is 15.5. The van der Waals surface area contributed by atoms with E-state index in [0.717, 1.165) is 19.6 Å². The maximum Gasteiger partial charge on any atom is 0.215 e. The summed E-state index contributed by atoms with van der Waals surface area (Å²) in [4.78, 5) is 4.42. The molecule has 1 unspecified atom stereocenters. The predicted octanol–water partition coefficient (Wildman–Crippen LogP) is -0.0660. The van der Waals surface area contributed by atoms with E-state index in [1.54, 1.807) is 24.3 Å². The lowest BCUT2D eigenvalue weighted by Gasteiger charge is -2.37. The van der Waals surface area contributed by atoms with Crippen LogP contribution in [0.25, 0.3) is 0 Å². The van der Waals surface area contributed by atoms with Crippen molar-refractivity contribution in [3.63, 3.8) is 0 Å². The number of piperazine rings is 1. The Morgan fingerprint density at radius 1 is 1.33 bits per heavy atom. The highest BCUT2D eigenvalue weighted by Gasteiger charge is 2.23. The minimum Gasteiger partial charge on any atom is -0.399 e. The van der Waals surface area contributed by atoms with Crippen molar-refractivity contribution >= 4 is 15.7 Å². The average Bonchev–Trinajstić information content (AvgIpc) is 2.39. The van der Waals surface area contributed by atoms with E-state index in [2.05, 4.69) is 21.6 Å². The van der Waals surface area contributed by atoms with Crippen LogP contribution in [0.4, 0.5) is 5.69 Å². The molecular formula is C14H24N4O2S. The van der Waals surface area contributed by atoms with Gasteiger partial charge in [-0.05, 0) is 31.8 Å². The summed E-state index contributed by atoms with van der Waals surface area (Å²) < 4.78 is 27.0. The molecule has 1 fully saturated rings. The Hall–Kier alpha value is -1.15. The summed E-state index contributed by atoms with van der Waals surface area (Å²) in [7, 11) is 0.746. The zero-order valence-corrected chi connectivity index (χ0v) is 13.4. The van der Waals surface area contributed by atoms with Gasteiger partial charge in [-0.2, -0.15) is 0 Å². The van der Waals surface area contributed by atoms with Gasteiger partial charge < -0.3 is 10.6 Å². The minimum atomic E-state index is -3.34. The van der Waals surface area contributed by atoms with Gasteiger partial charge in [0.25, 0.3) is 0 Å². The van der Waals surface area contributed by atoms with E-state index in [1.165, 1.54) is 0 Å². The summed E-state index contributed by atoms with van der Waals surface area (Å²) in [5.41, 5.74) is 6.96. The second-order valence-corrected chi connectivity index (χ2v) is 7.56. The van der Waals surface area contributed by atoms with Gasteiger partial charge in [-0.1, -0.05) is 12.1 Å². The second-order valence-electron chi connectivity index (χ2n) is 5.75. The van der Waals surface area contributed by atoms with Crippen molar-refractivity contribution in [2.45, 2.75) is 11.8 Å². The monoisotopic (exact) mass is 312 g/mol. The molecule has 1 aliphatic rings. The molecule has 0 saturated carbocycles. The second kappa shape index (κ2) is 6.74. The van der Waals surface area contributed by atoms with Gasteiger partial charge in [0.1, 0.15) is 0 Å². The molecule has 1 saturated heterocycles. The third-order valence-corrected chi connectivity index (χ3v) is 5.15. The van der Waals surface area contributed by atoms with Gasteiger partial charge in [0.15, 0.2) is 0 Å². The molecule has 6 nitrogen and oxygen atoms in total. The van der Waals surface area contributed by atoms with Gasteiger partial charge in [0, 0.05) is 37.9 Å². The molecule has 1 aromatic rings. The Kier molecular flexibility index (Phi) is 5.21. The van der Waals surface area contributed by atoms with Gasteiger partial charge in [0.05, 0.1) is 5.75 Å². The smallest absolute Gasteiger partial charge is 0.215 e. The third kappa shape index (κ3) is 4.96. The number of hydrogen-bond acceptors (Lipinski definition) is 5. The Morgan fingerprint density at radius 3 is 2.81 bits per heavy atom. The molecule has 3 N–H and O–H groups in total. The normalized spacial score (nSPS) is 21.5. The van der Waals surface area contributed by atoms with Crippen molar-refractivity contribution in [3.05, 3.63) is 29.8 Å². The first-order chi connectivity index (χ1) is 9.85. The lowest BCUT2D eigenvalue weighted by atomic mass is 10.2. The Balaban J connectivity index is 1.92. The van der Waals surface area contributed by atoms with Crippen molar-refractivity contribution in [1.29, 1.82) is 0 Å². The number of nitrogens with one attached hydrogen (secondary N) is 1. The van der Waals surface area contributed by atoms with Gasteiger partial charge in [-0.15, -0.1) is 0 Å². The first-order valence-corrected chi connectivity index (χ1v) is 8.71. The Bertz CT molecular complexity index is 576. The van der Waals surface area contributed by atoms with Crippen LogP contribution in [0.5, 0.6) is 0 Å². The van der Waals surface area contributed by atoms with Crippen LogP contribution in [-0.2, 0) is 15.8 Å². The fourth-order valence-electron chi connectivity index (χ4n) is 2.50. The van der Waals surface area contributed by atoms with Crippen LogP contribution in [0.3, 0.4) is 0 Å². The number of anilines is 1. The molecule has 0 aromatic heterocycles. The van der Waals surface area contributed by atoms with E-state index in [4.69, 9.17) is 5.73 Å². The number of likely N-dealkylation sites (N-methyl/N-ethyl adjacent to an activating group) is 2. The fraction of sp³-hybridized carbons (Fsp3) is 0.571. The number of nitrogens with two attached hydrogens (primary N) is 1. The van der Waals surface area contributed by atoms with Crippen LogP contribution < -0.4 is 10.5 Å². The molecule has 0 radical (unpaired) electrons. The van der Waals surface area contributed by atoms with Crippen LogP contribution in [-0.4, -0.2) is 64.5 Å². The molecule has 1 aromatic carbocycles. The molecule has 0 spiro atoms. The lowest BCUT2D eigenvalue weighted by Crippen LogP contribution is -2.54.